The number of hydrogen-bond acceptors (Lipinski definition) is 8. The second kappa shape index (κ2) is 4.23. The summed E-state index contributed by atoms with van der Waals surface area (Å²) in [7, 11) is 0. The average Bonchev–Trinajstić information content (AvgIpc) is 2.59. The van der Waals surface area contributed by atoms with E-state index in [1.807, 2.05) is 0 Å². The molecular weight excluding hydrogens is 252 g/mol. The van der Waals surface area contributed by atoms with Gasteiger partial charge in [0.25, 0.3) is 5.91 Å². The third kappa shape index (κ3) is 2.16. The molecule has 1 heterocycles. The van der Waals surface area contributed by atoms with E-state index in [1.54, 1.807) is 0 Å². The zero-order chi connectivity index (χ0) is 14.1. The van der Waals surface area contributed by atoms with E-state index in [-0.39, 0.29) is 9.76 Å². The quantitative estimate of drug-likeness (QED) is 0.180. The molecule has 0 atom stereocenters. The number of hydrogen-bond donors (Lipinski definition) is 1. The lowest BCUT2D eigenvalue weighted by atomic mass is 10.3. The van der Waals surface area contributed by atoms with E-state index in [1.165, 1.54) is 0 Å². The number of azo groups is 1. The minimum Gasteiger partial charge on any atom is -0.594 e. The van der Waals surface area contributed by atoms with Crippen molar-refractivity contribution in [3.63, 3.8) is 0 Å². The fraction of sp³-hybridized carbons (Fsp3) is 0.500. The van der Waals surface area contributed by atoms with Crippen molar-refractivity contribution in [2.45, 2.75) is 19.5 Å². The number of carbonyl (C=O) groups excluding carboxylic acids is 1. The Morgan fingerprint density at radius 2 is 2.11 bits per heavy atom. The maximum Gasteiger partial charge on any atom is 0.433 e. The van der Waals surface area contributed by atoms with Gasteiger partial charge in [-0.15, -0.1) is 0 Å². The van der Waals surface area contributed by atoms with Crippen LogP contribution in [-0.2, 0) is 0 Å². The number of nitro groups is 1. The lowest BCUT2D eigenvalue weighted by molar-refractivity contribution is -0.805. The molecular formula is C6H8N6O6. The predicted molar refractivity (Wildman–Crippen MR) is 50.8 cm³/mol. The summed E-state index contributed by atoms with van der Waals surface area (Å²) in [5.41, 5.74) is 1.90. The van der Waals surface area contributed by atoms with Crippen LogP contribution in [0.5, 0.6) is 0 Å². The molecule has 2 N–H and O–H groups in total. The van der Waals surface area contributed by atoms with Crippen molar-refractivity contribution in [1.29, 1.82) is 0 Å². The molecule has 0 radical (unpaired) electrons. The van der Waals surface area contributed by atoms with Crippen LogP contribution in [0.3, 0.4) is 0 Å². The number of nitrogens with zero attached hydrogens (tertiary/aromatic N) is 5. The van der Waals surface area contributed by atoms with E-state index in [9.17, 15) is 25.3 Å². The van der Waals surface area contributed by atoms with Crippen molar-refractivity contribution < 1.29 is 24.1 Å². The fourth-order valence-corrected chi connectivity index (χ4v) is 0.785. The van der Waals surface area contributed by atoms with Gasteiger partial charge in [-0.3, -0.25) is 19.5 Å². The largest absolute Gasteiger partial charge is 0.594 e. The molecule has 12 nitrogen and oxygen atoms in total. The van der Waals surface area contributed by atoms with Gasteiger partial charge in [0, 0.05) is 0 Å². The number of amides is 1. The molecule has 0 saturated heterocycles. The van der Waals surface area contributed by atoms with E-state index in [4.69, 9.17) is 5.73 Å². The summed E-state index contributed by atoms with van der Waals surface area (Å²) in [4.78, 5) is 19.9. The molecule has 0 aromatic carbocycles. The van der Waals surface area contributed by atoms with Gasteiger partial charge in [0.1, 0.15) is 0 Å². The van der Waals surface area contributed by atoms with Gasteiger partial charge in [-0.25, -0.2) is 0 Å². The Kier molecular flexibility index (Phi) is 3.12. The van der Waals surface area contributed by atoms with Crippen LogP contribution in [0.4, 0.5) is 5.82 Å². The van der Waals surface area contributed by atoms with Crippen LogP contribution in [0.2, 0.25) is 0 Å². The van der Waals surface area contributed by atoms with Crippen LogP contribution in [0, 0.1) is 20.5 Å². The third-order valence-corrected chi connectivity index (χ3v) is 1.93. The van der Waals surface area contributed by atoms with Gasteiger partial charge >= 0.3 is 17.2 Å². The highest BCUT2D eigenvalue weighted by atomic mass is 16.8. The predicted octanol–water partition coefficient (Wildman–Crippen LogP) is -0.986. The lowest BCUT2D eigenvalue weighted by Gasteiger charge is -2.10. The Morgan fingerprint density at radius 3 is 2.56 bits per heavy atom. The molecule has 0 unspecified atom stereocenters. The Morgan fingerprint density at radius 1 is 1.56 bits per heavy atom. The van der Waals surface area contributed by atoms with Gasteiger partial charge in [0.15, 0.2) is 0 Å². The molecule has 1 amide bonds. The van der Waals surface area contributed by atoms with Crippen LogP contribution in [0.15, 0.2) is 9.74 Å². The molecule has 0 aliphatic rings. The highest BCUT2D eigenvalue weighted by molar-refractivity contribution is 5.93. The van der Waals surface area contributed by atoms with Crippen LogP contribution in [-0.4, -0.2) is 26.5 Å². The zero-order valence-corrected chi connectivity index (χ0v) is 9.26. The first kappa shape index (κ1) is 13.3. The third-order valence-electron chi connectivity index (χ3n) is 1.93. The molecule has 0 fully saturated rings. The highest BCUT2D eigenvalue weighted by Gasteiger charge is 2.43. The van der Waals surface area contributed by atoms with Crippen molar-refractivity contribution >= 4 is 11.7 Å². The molecule has 1 rings (SSSR count). The summed E-state index contributed by atoms with van der Waals surface area (Å²) in [6, 6.07) is 0. The maximum atomic E-state index is 11.4. The zero-order valence-electron chi connectivity index (χ0n) is 9.26. The normalized spacial score (nSPS) is 12.4. The van der Waals surface area contributed by atoms with E-state index in [0.29, 0.717) is 0 Å². The monoisotopic (exact) mass is 260 g/mol. The molecule has 18 heavy (non-hydrogen) atoms. The summed E-state index contributed by atoms with van der Waals surface area (Å²) < 4.78 is 4.01. The minimum absolute atomic E-state index is 0.322. The minimum atomic E-state index is -2.11. The average molecular weight is 260 g/mol. The number of primary amides is 1. The van der Waals surface area contributed by atoms with Crippen molar-refractivity contribution in [1.82, 2.24) is 5.16 Å². The number of hydroxylamine groups is 1. The van der Waals surface area contributed by atoms with Gasteiger partial charge in [0.05, 0.1) is 29.0 Å². The summed E-state index contributed by atoms with van der Waals surface area (Å²) in [6.07, 6.45) is 0. The Labute approximate surface area is 98.5 Å². The first-order valence-electron chi connectivity index (χ1n) is 4.41. The van der Waals surface area contributed by atoms with Crippen molar-refractivity contribution in [3.05, 3.63) is 26.2 Å². The standard InChI is InChI=1S/C6H8N6O6/c1-6(2,12(16)17)11(15)8-5-3(4(7)13)10(14)18-9-5/h1-2H3,(H2,7,13). The number of rotatable bonds is 4. The molecule has 12 heteroatoms. The first-order valence-corrected chi connectivity index (χ1v) is 4.41. The Bertz CT molecular complexity index is 533. The van der Waals surface area contributed by atoms with E-state index >= 15 is 0 Å². The molecule has 1 aromatic rings. The van der Waals surface area contributed by atoms with E-state index in [2.05, 4.69) is 14.9 Å². The van der Waals surface area contributed by atoms with Crippen LogP contribution < -0.4 is 10.6 Å². The summed E-state index contributed by atoms with van der Waals surface area (Å²) in [6.45, 7) is 1.94. The summed E-state index contributed by atoms with van der Waals surface area (Å²) in [5, 5.41) is 39.0. The molecule has 0 saturated carbocycles. The number of carbonyl (C=O) groups is 1. The van der Waals surface area contributed by atoms with Crippen molar-refractivity contribution in [2.24, 2.45) is 10.8 Å². The smallest absolute Gasteiger partial charge is 0.433 e. The Hall–Kier alpha value is -2.79. The van der Waals surface area contributed by atoms with Crippen LogP contribution in [0.25, 0.3) is 0 Å². The fourth-order valence-electron chi connectivity index (χ4n) is 0.785. The molecule has 0 bridgehead atoms. The van der Waals surface area contributed by atoms with Gasteiger partial charge in [-0.2, -0.15) is 0 Å². The Balaban J connectivity index is 3.26. The molecule has 0 aliphatic heterocycles. The van der Waals surface area contributed by atoms with Gasteiger partial charge in [-0.1, -0.05) is 0 Å². The summed E-state index contributed by atoms with van der Waals surface area (Å²) >= 11 is 0. The van der Waals surface area contributed by atoms with E-state index < -0.39 is 28.0 Å². The van der Waals surface area contributed by atoms with E-state index in [0.717, 1.165) is 13.8 Å². The summed E-state index contributed by atoms with van der Waals surface area (Å²) in [5.74, 6) is -1.97. The highest BCUT2D eigenvalue weighted by Crippen LogP contribution is 2.16. The second-order valence-corrected chi connectivity index (χ2v) is 3.59. The SMILES string of the molecule is CC(C)([N+](=O)[O-])[N+]([O-])=Nc1no[n+]([O-])c1C(N)=O. The number of aromatic nitrogens is 2. The number of nitrogens with two attached hydrogens (primary N) is 1. The van der Waals surface area contributed by atoms with Crippen LogP contribution >= 0.6 is 0 Å². The first-order chi connectivity index (χ1) is 8.17. The van der Waals surface area contributed by atoms with Gasteiger partial charge < -0.3 is 16.1 Å². The van der Waals surface area contributed by atoms with Crippen molar-refractivity contribution in [2.75, 3.05) is 0 Å². The maximum absolute atomic E-state index is 11.4. The van der Waals surface area contributed by atoms with Gasteiger partial charge in [-0.05, 0) is 9.76 Å². The molecule has 0 aliphatic carbocycles. The van der Waals surface area contributed by atoms with Crippen molar-refractivity contribution in [3.8, 4) is 0 Å². The topological polar surface area (TPSA) is 178 Å². The lowest BCUT2D eigenvalue weighted by Crippen LogP contribution is -2.40. The molecule has 98 valence electrons. The molecule has 0 spiro atoms. The molecule has 1 aromatic heterocycles. The van der Waals surface area contributed by atoms with Crippen LogP contribution in [0.1, 0.15) is 24.3 Å². The van der Waals surface area contributed by atoms with Gasteiger partial charge in [0.2, 0.25) is 0 Å². The second-order valence-electron chi connectivity index (χ2n) is 3.59.